The van der Waals surface area contributed by atoms with Crippen molar-refractivity contribution in [2.75, 3.05) is 26.3 Å². The smallest absolute Gasteiger partial charge is 0.0597 e. The van der Waals surface area contributed by atoms with Crippen LogP contribution in [0.2, 0.25) is 0 Å². The van der Waals surface area contributed by atoms with Gasteiger partial charge in [0.2, 0.25) is 0 Å². The third-order valence-electron chi connectivity index (χ3n) is 3.22. The number of hydrogen-bond donors (Lipinski definition) is 3. The SMILES string of the molecule is CCC(N)C(c1sccc1C)N(CCO)CCO. The Morgan fingerprint density at radius 1 is 1.33 bits per heavy atom. The lowest BCUT2D eigenvalue weighted by Gasteiger charge is -2.34. The van der Waals surface area contributed by atoms with Gasteiger partial charge in [-0.05, 0) is 30.4 Å². The highest BCUT2D eigenvalue weighted by molar-refractivity contribution is 7.10. The second kappa shape index (κ2) is 7.86. The third-order valence-corrected chi connectivity index (χ3v) is 4.30. The van der Waals surface area contributed by atoms with Gasteiger partial charge in [0.25, 0.3) is 0 Å². The highest BCUT2D eigenvalue weighted by Gasteiger charge is 2.27. The van der Waals surface area contributed by atoms with Gasteiger partial charge in [0, 0.05) is 24.0 Å². The fourth-order valence-corrected chi connectivity index (χ4v) is 3.32. The maximum Gasteiger partial charge on any atom is 0.0597 e. The van der Waals surface area contributed by atoms with Crippen molar-refractivity contribution in [1.29, 1.82) is 0 Å². The van der Waals surface area contributed by atoms with E-state index in [9.17, 15) is 10.2 Å². The molecule has 0 spiro atoms. The van der Waals surface area contributed by atoms with Gasteiger partial charge in [-0.25, -0.2) is 0 Å². The van der Waals surface area contributed by atoms with Gasteiger partial charge in [-0.1, -0.05) is 6.92 Å². The van der Waals surface area contributed by atoms with Crippen molar-refractivity contribution in [3.05, 3.63) is 21.9 Å². The number of nitrogens with two attached hydrogens (primary N) is 1. The van der Waals surface area contributed by atoms with Crippen molar-refractivity contribution in [2.45, 2.75) is 32.4 Å². The maximum atomic E-state index is 9.17. The lowest BCUT2D eigenvalue weighted by molar-refractivity contribution is 0.108. The molecular formula is C13H24N2O2S. The number of aryl methyl sites for hydroxylation is 1. The van der Waals surface area contributed by atoms with Gasteiger partial charge in [0.1, 0.15) is 0 Å². The fraction of sp³-hybridized carbons (Fsp3) is 0.692. The number of aliphatic hydroxyl groups is 2. The largest absolute Gasteiger partial charge is 0.395 e. The minimum Gasteiger partial charge on any atom is -0.395 e. The lowest BCUT2D eigenvalue weighted by Crippen LogP contribution is -2.43. The standard InChI is InChI=1S/C13H24N2O2S/c1-3-11(14)12(13-10(2)4-9-18-13)15(5-7-16)6-8-17/h4,9,11-12,16-17H,3,5-8,14H2,1-2H3. The minimum atomic E-state index is 0.0143. The van der Waals surface area contributed by atoms with Crippen molar-refractivity contribution in [1.82, 2.24) is 4.90 Å². The molecule has 0 aliphatic carbocycles. The molecule has 2 atom stereocenters. The van der Waals surface area contributed by atoms with Crippen LogP contribution in [0.25, 0.3) is 0 Å². The Hall–Kier alpha value is -0.460. The Bertz CT molecular complexity index is 337. The predicted octanol–water partition coefficient (Wildman–Crippen LogP) is 1.12. The Morgan fingerprint density at radius 3 is 2.33 bits per heavy atom. The van der Waals surface area contributed by atoms with E-state index >= 15 is 0 Å². The first-order valence-corrected chi connectivity index (χ1v) is 7.29. The normalized spacial score (nSPS) is 15.0. The van der Waals surface area contributed by atoms with Gasteiger partial charge >= 0.3 is 0 Å². The van der Waals surface area contributed by atoms with E-state index in [1.165, 1.54) is 10.4 Å². The van der Waals surface area contributed by atoms with E-state index in [1.807, 2.05) is 0 Å². The molecule has 1 aromatic heterocycles. The van der Waals surface area contributed by atoms with E-state index in [1.54, 1.807) is 11.3 Å². The number of thiophene rings is 1. The third kappa shape index (κ3) is 3.76. The summed E-state index contributed by atoms with van der Waals surface area (Å²) in [7, 11) is 0. The zero-order valence-corrected chi connectivity index (χ0v) is 12.0. The fourth-order valence-electron chi connectivity index (χ4n) is 2.19. The molecule has 104 valence electrons. The molecule has 0 saturated heterocycles. The minimum absolute atomic E-state index is 0.0143. The van der Waals surface area contributed by atoms with Crippen molar-refractivity contribution in [3.63, 3.8) is 0 Å². The molecule has 1 aromatic rings. The molecule has 0 aliphatic rings. The Balaban J connectivity index is 2.99. The van der Waals surface area contributed by atoms with Gasteiger partial charge in [0.05, 0.1) is 19.3 Å². The van der Waals surface area contributed by atoms with E-state index in [-0.39, 0.29) is 25.3 Å². The number of rotatable bonds is 8. The van der Waals surface area contributed by atoms with Crippen LogP contribution in [-0.2, 0) is 0 Å². The first-order chi connectivity index (χ1) is 8.65. The Labute approximate surface area is 113 Å². The van der Waals surface area contributed by atoms with Crippen LogP contribution in [0.15, 0.2) is 11.4 Å². The molecule has 2 unspecified atom stereocenters. The summed E-state index contributed by atoms with van der Waals surface area (Å²) in [4.78, 5) is 3.32. The second-order valence-electron chi connectivity index (χ2n) is 4.47. The maximum absolute atomic E-state index is 9.17. The Morgan fingerprint density at radius 2 is 1.94 bits per heavy atom. The monoisotopic (exact) mass is 272 g/mol. The molecule has 18 heavy (non-hydrogen) atoms. The molecule has 1 heterocycles. The summed E-state index contributed by atoms with van der Waals surface area (Å²) in [5, 5.41) is 20.4. The summed E-state index contributed by atoms with van der Waals surface area (Å²) >= 11 is 1.70. The molecule has 5 heteroatoms. The van der Waals surface area contributed by atoms with Crippen molar-refractivity contribution in [3.8, 4) is 0 Å². The molecule has 1 rings (SSSR count). The van der Waals surface area contributed by atoms with Crippen LogP contribution >= 0.6 is 11.3 Å². The van der Waals surface area contributed by atoms with Crippen LogP contribution in [0.1, 0.15) is 29.8 Å². The van der Waals surface area contributed by atoms with Crippen molar-refractivity contribution >= 4 is 11.3 Å². The topological polar surface area (TPSA) is 69.7 Å². The second-order valence-corrected chi connectivity index (χ2v) is 5.42. The number of nitrogens with zero attached hydrogens (tertiary/aromatic N) is 1. The zero-order chi connectivity index (χ0) is 13.5. The molecule has 4 nitrogen and oxygen atoms in total. The quantitative estimate of drug-likeness (QED) is 0.663. The number of aliphatic hydroxyl groups excluding tert-OH is 2. The molecule has 4 N–H and O–H groups in total. The average Bonchev–Trinajstić information content (AvgIpc) is 2.76. The van der Waals surface area contributed by atoms with Crippen LogP contribution in [0.5, 0.6) is 0 Å². The van der Waals surface area contributed by atoms with Crippen LogP contribution in [-0.4, -0.2) is 47.5 Å². The van der Waals surface area contributed by atoms with Crippen LogP contribution in [0.4, 0.5) is 0 Å². The van der Waals surface area contributed by atoms with E-state index in [2.05, 4.69) is 30.2 Å². The summed E-state index contributed by atoms with van der Waals surface area (Å²) < 4.78 is 0. The molecule has 0 saturated carbocycles. The van der Waals surface area contributed by atoms with E-state index in [0.717, 1.165) is 6.42 Å². The summed E-state index contributed by atoms with van der Waals surface area (Å²) in [6, 6.07) is 2.18. The summed E-state index contributed by atoms with van der Waals surface area (Å²) in [5.41, 5.74) is 7.47. The molecular weight excluding hydrogens is 248 g/mol. The summed E-state index contributed by atoms with van der Waals surface area (Å²) in [6.45, 7) is 5.38. The van der Waals surface area contributed by atoms with E-state index in [0.29, 0.717) is 13.1 Å². The van der Waals surface area contributed by atoms with Gasteiger partial charge in [0.15, 0.2) is 0 Å². The van der Waals surface area contributed by atoms with Gasteiger partial charge in [-0.2, -0.15) is 0 Å². The first-order valence-electron chi connectivity index (χ1n) is 6.41. The van der Waals surface area contributed by atoms with E-state index in [4.69, 9.17) is 5.73 Å². The highest BCUT2D eigenvalue weighted by Crippen LogP contribution is 2.31. The summed E-state index contributed by atoms with van der Waals surface area (Å²) in [6.07, 6.45) is 0.870. The average molecular weight is 272 g/mol. The molecule has 0 fully saturated rings. The highest BCUT2D eigenvalue weighted by atomic mass is 32.1. The molecule has 0 aromatic carbocycles. The molecule has 0 bridgehead atoms. The Kier molecular flexibility index (Phi) is 6.81. The molecule has 0 aliphatic heterocycles. The predicted molar refractivity (Wildman–Crippen MR) is 75.8 cm³/mol. The van der Waals surface area contributed by atoms with Crippen LogP contribution in [0, 0.1) is 6.92 Å². The van der Waals surface area contributed by atoms with Gasteiger partial charge in [-0.3, -0.25) is 4.90 Å². The summed E-state index contributed by atoms with van der Waals surface area (Å²) in [5.74, 6) is 0. The first kappa shape index (κ1) is 15.6. The van der Waals surface area contributed by atoms with E-state index < -0.39 is 0 Å². The van der Waals surface area contributed by atoms with Crippen LogP contribution in [0.3, 0.4) is 0 Å². The zero-order valence-electron chi connectivity index (χ0n) is 11.2. The molecule has 0 radical (unpaired) electrons. The van der Waals surface area contributed by atoms with Gasteiger partial charge < -0.3 is 15.9 Å². The van der Waals surface area contributed by atoms with Crippen molar-refractivity contribution < 1.29 is 10.2 Å². The van der Waals surface area contributed by atoms with Gasteiger partial charge in [-0.15, -0.1) is 11.3 Å². The van der Waals surface area contributed by atoms with Crippen LogP contribution < -0.4 is 5.73 Å². The molecule has 0 amide bonds. The number of hydrogen-bond acceptors (Lipinski definition) is 5. The van der Waals surface area contributed by atoms with Crippen molar-refractivity contribution in [2.24, 2.45) is 5.73 Å². The lowest BCUT2D eigenvalue weighted by atomic mass is 10.0.